The molecule has 1 fully saturated rings. The van der Waals surface area contributed by atoms with Crippen LogP contribution < -0.4 is 15.5 Å². The zero-order chi connectivity index (χ0) is 21.8. The van der Waals surface area contributed by atoms with Crippen molar-refractivity contribution in [1.82, 2.24) is 20.2 Å². The van der Waals surface area contributed by atoms with E-state index in [1.165, 1.54) is 24.3 Å². The van der Waals surface area contributed by atoms with Crippen molar-refractivity contribution >= 4 is 35.6 Å². The molecule has 32 heavy (non-hydrogen) atoms. The fraction of sp³-hybridized carbons (Fsp3) is 0.273. The molecule has 0 saturated carbocycles. The molecule has 2 aromatic carbocycles. The van der Waals surface area contributed by atoms with Gasteiger partial charge in [0, 0.05) is 45.1 Å². The van der Waals surface area contributed by atoms with Crippen molar-refractivity contribution in [3.05, 3.63) is 78.1 Å². The van der Waals surface area contributed by atoms with Gasteiger partial charge >= 0.3 is 0 Å². The fourth-order valence-electron chi connectivity index (χ4n) is 3.72. The Balaban J connectivity index is 0.00000289. The molecule has 1 aliphatic heterocycles. The van der Waals surface area contributed by atoms with Crippen LogP contribution in [0.25, 0.3) is 5.69 Å². The minimum atomic E-state index is -0.565. The Morgan fingerprint density at radius 3 is 2.59 bits per heavy atom. The Hall–Kier alpha value is -2.76. The Bertz CT molecular complexity index is 1050. The fourth-order valence-corrected chi connectivity index (χ4v) is 3.72. The quantitative estimate of drug-likeness (QED) is 0.285. The van der Waals surface area contributed by atoms with Crippen LogP contribution in [0.2, 0.25) is 0 Å². The van der Waals surface area contributed by atoms with Crippen LogP contribution in [0.15, 0.2) is 60.1 Å². The van der Waals surface area contributed by atoms with Crippen LogP contribution in [0.4, 0.5) is 18.9 Å². The number of anilines is 1. The molecule has 3 aromatic rings. The summed E-state index contributed by atoms with van der Waals surface area (Å²) in [5.41, 5.74) is 1.18. The number of aromatic nitrogens is 2. The summed E-state index contributed by atoms with van der Waals surface area (Å²) in [4.78, 5) is 9.83. The lowest BCUT2D eigenvalue weighted by molar-refractivity contribution is 0.575. The Morgan fingerprint density at radius 2 is 1.94 bits per heavy atom. The maximum atomic E-state index is 14.4. The van der Waals surface area contributed by atoms with E-state index in [9.17, 15) is 13.2 Å². The average Bonchev–Trinajstić information content (AvgIpc) is 3.43. The molecule has 0 bridgehead atoms. The average molecular weight is 556 g/mol. The largest absolute Gasteiger partial charge is 0.365 e. The van der Waals surface area contributed by atoms with Gasteiger partial charge in [0.05, 0.1) is 12.0 Å². The minimum absolute atomic E-state index is 0. The van der Waals surface area contributed by atoms with Gasteiger partial charge in [-0.2, -0.15) is 0 Å². The number of nitrogens with zero attached hydrogens (tertiary/aromatic N) is 4. The van der Waals surface area contributed by atoms with E-state index >= 15 is 0 Å². The summed E-state index contributed by atoms with van der Waals surface area (Å²) in [7, 11) is 1.64. The van der Waals surface area contributed by atoms with Gasteiger partial charge < -0.3 is 20.1 Å². The molecule has 1 unspecified atom stereocenters. The van der Waals surface area contributed by atoms with Gasteiger partial charge in [0.2, 0.25) is 0 Å². The van der Waals surface area contributed by atoms with Crippen LogP contribution in [0.3, 0.4) is 0 Å². The molecule has 0 radical (unpaired) electrons. The minimum Gasteiger partial charge on any atom is -0.365 e. The van der Waals surface area contributed by atoms with Crippen molar-refractivity contribution in [2.45, 2.75) is 19.0 Å². The maximum absolute atomic E-state index is 14.4. The highest BCUT2D eigenvalue weighted by atomic mass is 127. The second-order valence-electron chi connectivity index (χ2n) is 7.33. The first-order valence-electron chi connectivity index (χ1n) is 9.98. The van der Waals surface area contributed by atoms with Crippen LogP contribution in [-0.2, 0) is 6.54 Å². The third kappa shape index (κ3) is 5.34. The first-order valence-corrected chi connectivity index (χ1v) is 9.98. The third-order valence-corrected chi connectivity index (χ3v) is 5.26. The number of hydrogen-bond donors (Lipinski definition) is 2. The molecule has 170 valence electrons. The van der Waals surface area contributed by atoms with Crippen LogP contribution >= 0.6 is 24.0 Å². The van der Waals surface area contributed by atoms with Gasteiger partial charge in [0.15, 0.2) is 5.96 Å². The van der Waals surface area contributed by atoms with E-state index in [0.717, 1.165) is 5.56 Å². The smallest absolute Gasteiger partial charge is 0.191 e. The van der Waals surface area contributed by atoms with Crippen LogP contribution in [0, 0.1) is 17.5 Å². The lowest BCUT2D eigenvalue weighted by Crippen LogP contribution is -2.44. The first-order chi connectivity index (χ1) is 15.0. The van der Waals surface area contributed by atoms with E-state index in [4.69, 9.17) is 0 Å². The Labute approximate surface area is 201 Å². The van der Waals surface area contributed by atoms with Crippen molar-refractivity contribution in [3.8, 4) is 5.69 Å². The van der Waals surface area contributed by atoms with Crippen LogP contribution in [-0.4, -0.2) is 41.7 Å². The molecule has 4 rings (SSSR count). The number of hydrogen-bond acceptors (Lipinski definition) is 3. The summed E-state index contributed by atoms with van der Waals surface area (Å²) >= 11 is 0. The summed E-state index contributed by atoms with van der Waals surface area (Å²) in [6.07, 6.45) is 5.53. The van der Waals surface area contributed by atoms with Gasteiger partial charge in [-0.15, -0.1) is 24.0 Å². The Morgan fingerprint density at radius 1 is 1.16 bits per heavy atom. The van der Waals surface area contributed by atoms with Gasteiger partial charge in [-0.1, -0.05) is 12.1 Å². The van der Waals surface area contributed by atoms with Gasteiger partial charge in [-0.05, 0) is 36.2 Å². The van der Waals surface area contributed by atoms with E-state index in [1.807, 2.05) is 6.07 Å². The van der Waals surface area contributed by atoms with Crippen molar-refractivity contribution in [2.24, 2.45) is 4.99 Å². The zero-order valence-corrected chi connectivity index (χ0v) is 19.8. The van der Waals surface area contributed by atoms with E-state index in [1.54, 1.807) is 41.3 Å². The topological polar surface area (TPSA) is 57.5 Å². The highest BCUT2D eigenvalue weighted by Gasteiger charge is 2.27. The highest BCUT2D eigenvalue weighted by molar-refractivity contribution is 14.0. The monoisotopic (exact) mass is 556 g/mol. The second-order valence-corrected chi connectivity index (χ2v) is 7.33. The predicted octanol–water partition coefficient (Wildman–Crippen LogP) is 3.85. The number of aliphatic imine (C=N–C) groups is 1. The zero-order valence-electron chi connectivity index (χ0n) is 17.4. The molecule has 1 aromatic heterocycles. The van der Waals surface area contributed by atoms with Crippen molar-refractivity contribution in [2.75, 3.05) is 25.0 Å². The molecule has 2 N–H and O–H groups in total. The molecule has 1 aliphatic rings. The van der Waals surface area contributed by atoms with Crippen LogP contribution in [0.1, 0.15) is 12.0 Å². The summed E-state index contributed by atoms with van der Waals surface area (Å²) in [5.74, 6) is -0.938. The lowest BCUT2D eigenvalue weighted by atomic mass is 10.2. The molecule has 1 saturated heterocycles. The highest BCUT2D eigenvalue weighted by Crippen LogP contribution is 2.26. The van der Waals surface area contributed by atoms with Gasteiger partial charge in [0.1, 0.15) is 23.1 Å². The number of nitrogens with one attached hydrogen (secondary N) is 2. The van der Waals surface area contributed by atoms with E-state index < -0.39 is 11.6 Å². The van der Waals surface area contributed by atoms with Gasteiger partial charge in [-0.3, -0.25) is 4.99 Å². The summed E-state index contributed by atoms with van der Waals surface area (Å²) in [6, 6.07) is 8.85. The number of guanidine groups is 1. The number of halogens is 4. The van der Waals surface area contributed by atoms with Crippen LogP contribution in [0.5, 0.6) is 0 Å². The molecule has 0 aliphatic carbocycles. The van der Waals surface area contributed by atoms with E-state index in [2.05, 4.69) is 20.6 Å². The van der Waals surface area contributed by atoms with Gasteiger partial charge in [0.25, 0.3) is 0 Å². The van der Waals surface area contributed by atoms with Crippen molar-refractivity contribution in [3.63, 3.8) is 0 Å². The molecular formula is C22H24F3IN6. The predicted molar refractivity (Wildman–Crippen MR) is 129 cm³/mol. The summed E-state index contributed by atoms with van der Waals surface area (Å²) < 4.78 is 44.1. The number of rotatable bonds is 5. The number of imidazole rings is 1. The van der Waals surface area contributed by atoms with Crippen molar-refractivity contribution in [1.29, 1.82) is 0 Å². The molecule has 2 heterocycles. The maximum Gasteiger partial charge on any atom is 0.191 e. The third-order valence-electron chi connectivity index (χ3n) is 5.26. The second kappa shape index (κ2) is 10.7. The number of benzene rings is 2. The lowest BCUT2D eigenvalue weighted by Gasteiger charge is -2.21. The summed E-state index contributed by atoms with van der Waals surface area (Å²) in [5, 5.41) is 6.43. The molecular weight excluding hydrogens is 532 g/mol. The molecule has 6 nitrogen and oxygen atoms in total. The van der Waals surface area contributed by atoms with Gasteiger partial charge in [-0.25, -0.2) is 18.2 Å². The SMILES string of the molecule is CN=C(NCc1ccc(-n2ccnc2)c(F)c1)NC1CCN(c2c(F)cccc2F)C1.I. The van der Waals surface area contributed by atoms with E-state index in [0.29, 0.717) is 37.7 Å². The molecule has 10 heteroatoms. The molecule has 0 spiro atoms. The molecule has 0 amide bonds. The number of para-hydroxylation sites is 1. The normalized spacial score (nSPS) is 16.1. The standard InChI is InChI=1S/C22H23F3N6.HI/c1-26-22(28-12-15-5-6-20(19(25)11-15)31-10-8-27-14-31)29-16-7-9-30(13-16)21-17(23)3-2-4-18(21)24;/h2-6,8,10-11,14,16H,7,9,12-13H2,1H3,(H2,26,28,29);1H. The molecule has 1 atom stereocenters. The Kier molecular flexibility index (Phi) is 7.99. The first kappa shape index (κ1) is 23.9. The van der Waals surface area contributed by atoms with E-state index in [-0.39, 0.29) is 41.5 Å². The van der Waals surface area contributed by atoms with Crippen molar-refractivity contribution < 1.29 is 13.2 Å². The summed E-state index contributed by atoms with van der Waals surface area (Å²) in [6.45, 7) is 1.36.